The monoisotopic (exact) mass is 120 g/mol. The number of nitrogens with one attached hydrogen (secondary N) is 1. The fourth-order valence-corrected chi connectivity index (χ4v) is 0.167. The molecule has 0 heterocycles. The van der Waals surface area contributed by atoms with Gasteiger partial charge in [0, 0.05) is 0 Å². The smallest absolute Gasteiger partial charge is 0.205 e. The Morgan fingerprint density at radius 3 is 2.29 bits per heavy atom. The van der Waals surface area contributed by atoms with Crippen LogP contribution in [-0.4, -0.2) is 17.5 Å². The quantitative estimate of drug-likeness (QED) is 0.493. The average molecular weight is 121 g/mol. The normalized spacial score (nSPS) is 8.29. The van der Waals surface area contributed by atoms with Crippen LogP contribution in [0.4, 0.5) is 0 Å². The highest BCUT2D eigenvalue weighted by atomic mass is 35.5. The molecule has 0 aliphatic carbocycles. The number of halogens is 1. The van der Waals surface area contributed by atoms with Crippen LogP contribution in [-0.2, 0) is 4.79 Å². The van der Waals surface area contributed by atoms with Crippen LogP contribution >= 0.6 is 11.6 Å². The van der Waals surface area contributed by atoms with Gasteiger partial charge in [0.05, 0.1) is 6.54 Å². The third kappa shape index (κ3) is 2.31. The first-order valence-electron chi connectivity index (χ1n) is 1.65. The molecular formula is C3H5ClN2O. The predicted molar refractivity (Wildman–Crippen MR) is 27.6 cm³/mol. The Labute approximate surface area is 46.0 Å². The third-order valence-electron chi connectivity index (χ3n) is 0.430. The van der Waals surface area contributed by atoms with E-state index in [2.05, 4.69) is 0 Å². The van der Waals surface area contributed by atoms with E-state index in [-0.39, 0.29) is 6.54 Å². The fraction of sp³-hybridized carbons (Fsp3) is 0.333. The molecular weight excluding hydrogens is 115 g/mol. The topological polar surface area (TPSA) is 66.9 Å². The highest BCUT2D eigenvalue weighted by molar-refractivity contribution is 6.82. The van der Waals surface area contributed by atoms with Crippen LogP contribution in [0.25, 0.3) is 0 Å². The summed E-state index contributed by atoms with van der Waals surface area (Å²) in [5.41, 5.74) is 4.80. The summed E-state index contributed by atoms with van der Waals surface area (Å²) in [5, 5.41) is 5.94. The third-order valence-corrected chi connectivity index (χ3v) is 0.641. The molecule has 0 aliphatic rings. The second-order valence-corrected chi connectivity index (χ2v) is 1.32. The van der Waals surface area contributed by atoms with Crippen molar-refractivity contribution in [1.29, 1.82) is 5.41 Å². The molecule has 0 aliphatic heterocycles. The molecule has 0 aromatic carbocycles. The molecule has 0 spiro atoms. The summed E-state index contributed by atoms with van der Waals surface area (Å²) in [6.45, 7) is -0.178. The van der Waals surface area contributed by atoms with Crippen LogP contribution in [0.5, 0.6) is 0 Å². The Balaban J connectivity index is 3.58. The number of rotatable bonds is 2. The SMILES string of the molecule is N=C(Cl)C(=O)CN. The van der Waals surface area contributed by atoms with Crippen molar-refractivity contribution in [2.75, 3.05) is 6.54 Å². The van der Waals surface area contributed by atoms with Crippen molar-refractivity contribution in [1.82, 2.24) is 0 Å². The summed E-state index contributed by atoms with van der Waals surface area (Å²) >= 11 is 4.88. The number of Topliss-reactive ketones (excluding diaryl/α,β-unsaturated/α-hetero) is 1. The van der Waals surface area contributed by atoms with E-state index < -0.39 is 11.0 Å². The Kier molecular flexibility index (Phi) is 2.55. The molecule has 0 saturated carbocycles. The largest absolute Gasteiger partial charge is 0.324 e. The highest BCUT2D eigenvalue weighted by Gasteiger charge is 1.99. The van der Waals surface area contributed by atoms with Crippen LogP contribution in [0.1, 0.15) is 0 Å². The lowest BCUT2D eigenvalue weighted by Crippen LogP contribution is -2.18. The summed E-state index contributed by atoms with van der Waals surface area (Å²) in [4.78, 5) is 10.0. The van der Waals surface area contributed by atoms with Crippen LogP contribution in [0.3, 0.4) is 0 Å². The van der Waals surface area contributed by atoms with Gasteiger partial charge in [-0.1, -0.05) is 11.6 Å². The van der Waals surface area contributed by atoms with Gasteiger partial charge in [0.25, 0.3) is 0 Å². The number of carbonyl (C=O) groups is 1. The van der Waals surface area contributed by atoms with Crippen molar-refractivity contribution in [3.05, 3.63) is 0 Å². The molecule has 0 rings (SSSR count). The minimum atomic E-state index is -0.526. The molecule has 0 bridgehead atoms. The van der Waals surface area contributed by atoms with E-state index in [1.807, 2.05) is 0 Å². The van der Waals surface area contributed by atoms with E-state index in [0.717, 1.165) is 0 Å². The lowest BCUT2D eigenvalue weighted by atomic mass is 10.4. The molecule has 0 saturated heterocycles. The number of carbonyl (C=O) groups excluding carboxylic acids is 1. The van der Waals surface area contributed by atoms with Gasteiger partial charge in [-0.25, -0.2) is 0 Å². The van der Waals surface area contributed by atoms with Crippen molar-refractivity contribution in [3.8, 4) is 0 Å². The van der Waals surface area contributed by atoms with E-state index in [4.69, 9.17) is 22.7 Å². The van der Waals surface area contributed by atoms with Gasteiger partial charge >= 0.3 is 0 Å². The predicted octanol–water partition coefficient (Wildman–Crippen LogP) is -0.270. The second kappa shape index (κ2) is 2.71. The molecule has 0 unspecified atom stereocenters. The van der Waals surface area contributed by atoms with Crippen molar-refractivity contribution in [2.45, 2.75) is 0 Å². The zero-order chi connectivity index (χ0) is 5.86. The molecule has 3 nitrogen and oxygen atoms in total. The van der Waals surface area contributed by atoms with Crippen molar-refractivity contribution < 1.29 is 4.79 Å². The zero-order valence-electron chi connectivity index (χ0n) is 3.57. The standard InChI is InChI=1S/C3H5ClN2O/c4-3(6)2(7)1-5/h6H,1,5H2. The molecule has 0 radical (unpaired) electrons. The van der Waals surface area contributed by atoms with E-state index >= 15 is 0 Å². The Bertz CT molecular complexity index is 101. The fourth-order valence-electron chi connectivity index (χ4n) is 0.0896. The van der Waals surface area contributed by atoms with E-state index in [1.165, 1.54) is 0 Å². The first kappa shape index (κ1) is 6.59. The zero-order valence-corrected chi connectivity index (χ0v) is 4.33. The van der Waals surface area contributed by atoms with Gasteiger partial charge < -0.3 is 5.73 Å². The second-order valence-electron chi connectivity index (χ2n) is 0.941. The molecule has 0 fully saturated rings. The van der Waals surface area contributed by atoms with Gasteiger partial charge in [0.2, 0.25) is 5.78 Å². The lowest BCUT2D eigenvalue weighted by Gasteiger charge is -1.83. The number of hydrogen-bond acceptors (Lipinski definition) is 3. The summed E-state index contributed by atoms with van der Waals surface area (Å²) in [6.07, 6.45) is 0. The highest BCUT2D eigenvalue weighted by Crippen LogP contribution is 1.78. The van der Waals surface area contributed by atoms with Crippen LogP contribution < -0.4 is 5.73 Å². The van der Waals surface area contributed by atoms with Gasteiger partial charge in [0.1, 0.15) is 0 Å². The van der Waals surface area contributed by atoms with Gasteiger partial charge in [-0.3, -0.25) is 10.2 Å². The maximum absolute atomic E-state index is 10.0. The molecule has 0 amide bonds. The number of nitrogens with two attached hydrogens (primary N) is 1. The molecule has 0 aromatic heterocycles. The van der Waals surface area contributed by atoms with E-state index in [1.54, 1.807) is 0 Å². The minimum Gasteiger partial charge on any atom is -0.324 e. The first-order valence-corrected chi connectivity index (χ1v) is 2.03. The Hall–Kier alpha value is -0.410. The lowest BCUT2D eigenvalue weighted by molar-refractivity contribution is -0.111. The molecule has 4 heteroatoms. The average Bonchev–Trinajstić information content (AvgIpc) is 1.65. The molecule has 40 valence electrons. The van der Waals surface area contributed by atoms with Crippen LogP contribution in [0.15, 0.2) is 0 Å². The van der Waals surface area contributed by atoms with E-state index in [9.17, 15) is 4.79 Å². The summed E-state index contributed by atoms with van der Waals surface area (Å²) in [7, 11) is 0. The first-order chi connectivity index (χ1) is 3.18. The van der Waals surface area contributed by atoms with Crippen molar-refractivity contribution >= 4 is 22.6 Å². The maximum atomic E-state index is 10.0. The van der Waals surface area contributed by atoms with Crippen molar-refractivity contribution in [3.63, 3.8) is 0 Å². The minimum absolute atomic E-state index is 0.178. The van der Waals surface area contributed by atoms with Gasteiger partial charge in [-0.2, -0.15) is 0 Å². The molecule has 3 N–H and O–H groups in total. The summed E-state index contributed by atoms with van der Waals surface area (Å²) in [6, 6.07) is 0. The van der Waals surface area contributed by atoms with Gasteiger partial charge in [-0.15, -0.1) is 0 Å². The van der Waals surface area contributed by atoms with Gasteiger partial charge in [-0.05, 0) is 0 Å². The summed E-state index contributed by atoms with van der Waals surface area (Å²) in [5.74, 6) is -0.526. The summed E-state index contributed by atoms with van der Waals surface area (Å²) < 4.78 is 0. The maximum Gasteiger partial charge on any atom is 0.205 e. The molecule has 0 aromatic rings. The Morgan fingerprint density at radius 2 is 2.29 bits per heavy atom. The van der Waals surface area contributed by atoms with Gasteiger partial charge in [0.15, 0.2) is 5.17 Å². The van der Waals surface area contributed by atoms with E-state index in [0.29, 0.717) is 0 Å². The Morgan fingerprint density at radius 1 is 1.86 bits per heavy atom. The van der Waals surface area contributed by atoms with Crippen LogP contribution in [0, 0.1) is 5.41 Å². The number of hydrogen-bond donors (Lipinski definition) is 2. The van der Waals surface area contributed by atoms with Crippen LogP contribution in [0.2, 0.25) is 0 Å². The molecule has 0 atom stereocenters. The number of ketones is 1. The van der Waals surface area contributed by atoms with Crippen molar-refractivity contribution in [2.24, 2.45) is 5.73 Å². The molecule has 7 heavy (non-hydrogen) atoms.